The van der Waals surface area contributed by atoms with Crippen LogP contribution in [0.5, 0.6) is 5.75 Å². The second-order valence-electron chi connectivity index (χ2n) is 6.03. The lowest BCUT2D eigenvalue weighted by molar-refractivity contribution is -0.112. The number of hydrogen-bond donors (Lipinski definition) is 1. The monoisotopic (exact) mass is 410 g/mol. The fourth-order valence-electron chi connectivity index (χ4n) is 2.62. The average molecular weight is 411 g/mol. The van der Waals surface area contributed by atoms with Crippen LogP contribution in [0.4, 0.5) is 10.1 Å². The number of methoxy groups -OCH3 is 1. The third kappa shape index (κ3) is 4.45. The average Bonchev–Trinajstić information content (AvgIpc) is 3.00. The normalized spacial score (nSPS) is 11.1. The molecule has 1 amide bonds. The van der Waals surface area contributed by atoms with Crippen LogP contribution in [0.3, 0.4) is 0 Å². The molecule has 0 saturated heterocycles. The van der Waals surface area contributed by atoms with Crippen molar-refractivity contribution in [3.63, 3.8) is 0 Å². The zero-order chi connectivity index (χ0) is 21.0. The third-order valence-electron chi connectivity index (χ3n) is 4.10. The molecule has 3 aromatic rings. The molecule has 0 atom stereocenters. The molecule has 1 N–H and O–H groups in total. The Hall–Kier alpha value is -3.63. The van der Waals surface area contributed by atoms with E-state index in [1.165, 1.54) is 42.1 Å². The van der Waals surface area contributed by atoms with Gasteiger partial charge in [-0.05, 0) is 49.4 Å². The summed E-state index contributed by atoms with van der Waals surface area (Å²) >= 11 is 6.41. The van der Waals surface area contributed by atoms with Crippen LogP contribution in [0.1, 0.15) is 11.3 Å². The van der Waals surface area contributed by atoms with Crippen LogP contribution in [-0.2, 0) is 4.79 Å². The molecular weight excluding hydrogens is 395 g/mol. The van der Waals surface area contributed by atoms with Crippen LogP contribution in [0.25, 0.3) is 11.8 Å². The van der Waals surface area contributed by atoms with Crippen molar-refractivity contribution in [1.29, 1.82) is 5.26 Å². The van der Waals surface area contributed by atoms with Crippen LogP contribution in [0.2, 0.25) is 5.15 Å². The van der Waals surface area contributed by atoms with Crippen molar-refractivity contribution in [2.75, 3.05) is 12.4 Å². The molecule has 6 nitrogen and oxygen atoms in total. The molecule has 29 heavy (non-hydrogen) atoms. The lowest BCUT2D eigenvalue weighted by Crippen LogP contribution is -2.13. The molecule has 0 unspecified atom stereocenters. The van der Waals surface area contributed by atoms with E-state index in [-0.39, 0.29) is 16.5 Å². The number of carbonyl (C=O) groups excluding carboxylic acids is 1. The highest BCUT2D eigenvalue weighted by Gasteiger charge is 2.17. The summed E-state index contributed by atoms with van der Waals surface area (Å²) in [7, 11) is 1.52. The lowest BCUT2D eigenvalue weighted by atomic mass is 10.1. The number of carbonyl (C=O) groups is 1. The molecule has 0 saturated carbocycles. The number of anilines is 1. The number of hydrogen-bond acceptors (Lipinski definition) is 4. The summed E-state index contributed by atoms with van der Waals surface area (Å²) in [6, 6.07) is 14.3. The highest BCUT2D eigenvalue weighted by molar-refractivity contribution is 6.31. The molecule has 0 aliphatic heterocycles. The van der Waals surface area contributed by atoms with Crippen molar-refractivity contribution in [1.82, 2.24) is 9.78 Å². The number of benzene rings is 2. The summed E-state index contributed by atoms with van der Waals surface area (Å²) in [4.78, 5) is 12.5. The number of aromatic nitrogens is 2. The van der Waals surface area contributed by atoms with Gasteiger partial charge in [0.1, 0.15) is 28.4 Å². The third-order valence-corrected chi connectivity index (χ3v) is 4.46. The number of amides is 1. The summed E-state index contributed by atoms with van der Waals surface area (Å²) in [6.45, 7) is 1.70. The van der Waals surface area contributed by atoms with Crippen LogP contribution in [0.15, 0.2) is 54.1 Å². The van der Waals surface area contributed by atoms with E-state index in [4.69, 9.17) is 16.3 Å². The largest absolute Gasteiger partial charge is 0.497 e. The van der Waals surface area contributed by atoms with Gasteiger partial charge in [-0.15, -0.1) is 0 Å². The first kappa shape index (κ1) is 20.1. The van der Waals surface area contributed by atoms with Gasteiger partial charge < -0.3 is 10.1 Å². The maximum atomic E-state index is 13.2. The van der Waals surface area contributed by atoms with Gasteiger partial charge in [-0.25, -0.2) is 9.07 Å². The fourth-order valence-corrected chi connectivity index (χ4v) is 2.95. The molecule has 1 aromatic heterocycles. The standard InChI is InChI=1S/C21H16ClFN4O2/c1-13-19(20(22)27(26-13)17-8-6-15(23)7-9-17)10-14(12-24)21(28)25-16-4-3-5-18(11-16)29-2/h3-11H,1-2H3,(H,25,28)/b14-10+. The molecule has 146 valence electrons. The molecular formula is C21H16ClFN4O2. The van der Waals surface area contributed by atoms with Crippen molar-refractivity contribution in [3.05, 3.63) is 76.3 Å². The number of ether oxygens (including phenoxy) is 1. The number of nitriles is 1. The molecule has 8 heteroatoms. The molecule has 0 radical (unpaired) electrons. The molecule has 0 fully saturated rings. The summed E-state index contributed by atoms with van der Waals surface area (Å²) in [5, 5.41) is 16.6. The lowest BCUT2D eigenvalue weighted by Gasteiger charge is -2.06. The quantitative estimate of drug-likeness (QED) is 0.495. The minimum atomic E-state index is -0.592. The van der Waals surface area contributed by atoms with Crippen molar-refractivity contribution in [3.8, 4) is 17.5 Å². The number of halogens is 2. The smallest absolute Gasteiger partial charge is 0.266 e. The van der Waals surface area contributed by atoms with Gasteiger partial charge in [0.15, 0.2) is 0 Å². The van der Waals surface area contributed by atoms with Gasteiger partial charge in [0.2, 0.25) is 0 Å². The van der Waals surface area contributed by atoms with Gasteiger partial charge in [0, 0.05) is 17.3 Å². The summed E-state index contributed by atoms with van der Waals surface area (Å²) in [5.41, 5.74) is 1.84. The second kappa shape index (κ2) is 8.59. The Morgan fingerprint density at radius 3 is 2.69 bits per heavy atom. The highest BCUT2D eigenvalue weighted by Crippen LogP contribution is 2.26. The summed E-state index contributed by atoms with van der Waals surface area (Å²) in [5.74, 6) is -0.398. The molecule has 0 aliphatic carbocycles. The summed E-state index contributed by atoms with van der Waals surface area (Å²) in [6.07, 6.45) is 1.38. The maximum absolute atomic E-state index is 13.2. The van der Waals surface area contributed by atoms with Gasteiger partial charge in [-0.2, -0.15) is 10.4 Å². The molecule has 2 aromatic carbocycles. The Bertz CT molecular complexity index is 1130. The number of aryl methyl sites for hydroxylation is 1. The van der Waals surface area contributed by atoms with Gasteiger partial charge >= 0.3 is 0 Å². The van der Waals surface area contributed by atoms with Gasteiger partial charge in [0.25, 0.3) is 5.91 Å². The molecule has 0 aliphatic rings. The Kier molecular flexibility index (Phi) is 5.96. The van der Waals surface area contributed by atoms with E-state index in [0.29, 0.717) is 28.4 Å². The van der Waals surface area contributed by atoms with Gasteiger partial charge in [-0.3, -0.25) is 4.79 Å². The van der Waals surface area contributed by atoms with E-state index in [2.05, 4.69) is 10.4 Å². The number of nitrogens with one attached hydrogen (secondary N) is 1. The Balaban J connectivity index is 1.91. The second-order valence-corrected chi connectivity index (χ2v) is 6.39. The van der Waals surface area contributed by atoms with Crippen LogP contribution < -0.4 is 10.1 Å². The van der Waals surface area contributed by atoms with Crippen molar-refractivity contribution >= 4 is 29.3 Å². The maximum Gasteiger partial charge on any atom is 0.266 e. The minimum absolute atomic E-state index is 0.142. The van der Waals surface area contributed by atoms with E-state index < -0.39 is 5.91 Å². The Morgan fingerprint density at radius 1 is 1.31 bits per heavy atom. The highest BCUT2D eigenvalue weighted by atomic mass is 35.5. The van der Waals surface area contributed by atoms with Crippen LogP contribution in [0, 0.1) is 24.1 Å². The Morgan fingerprint density at radius 2 is 2.03 bits per heavy atom. The topological polar surface area (TPSA) is 79.9 Å². The predicted molar refractivity (Wildman–Crippen MR) is 108 cm³/mol. The predicted octanol–water partition coefficient (Wildman–Crippen LogP) is 4.53. The van der Waals surface area contributed by atoms with Gasteiger partial charge in [0.05, 0.1) is 18.5 Å². The number of nitrogens with zero attached hydrogens (tertiary/aromatic N) is 3. The fraction of sp³-hybridized carbons (Fsp3) is 0.0952. The first-order chi connectivity index (χ1) is 13.9. The van der Waals surface area contributed by atoms with Crippen molar-refractivity contribution in [2.45, 2.75) is 6.92 Å². The van der Waals surface area contributed by atoms with Crippen LogP contribution in [-0.4, -0.2) is 22.8 Å². The first-order valence-electron chi connectivity index (χ1n) is 8.51. The van der Waals surface area contributed by atoms with Crippen molar-refractivity contribution in [2.24, 2.45) is 0 Å². The Labute approximate surface area is 171 Å². The van der Waals surface area contributed by atoms with Gasteiger partial charge in [-0.1, -0.05) is 17.7 Å². The molecule has 3 rings (SSSR count). The first-order valence-corrected chi connectivity index (χ1v) is 8.89. The zero-order valence-electron chi connectivity index (χ0n) is 15.6. The molecule has 1 heterocycles. The number of rotatable bonds is 5. The van der Waals surface area contributed by atoms with E-state index in [0.717, 1.165) is 0 Å². The van der Waals surface area contributed by atoms with Crippen LogP contribution >= 0.6 is 11.6 Å². The van der Waals surface area contributed by atoms with E-state index in [1.54, 1.807) is 31.2 Å². The van der Waals surface area contributed by atoms with E-state index in [1.807, 2.05) is 6.07 Å². The molecule has 0 bridgehead atoms. The van der Waals surface area contributed by atoms with Crippen molar-refractivity contribution < 1.29 is 13.9 Å². The zero-order valence-corrected chi connectivity index (χ0v) is 16.4. The summed E-state index contributed by atoms with van der Waals surface area (Å²) < 4.78 is 19.7. The molecule has 0 spiro atoms. The minimum Gasteiger partial charge on any atom is -0.497 e. The van der Waals surface area contributed by atoms with E-state index in [9.17, 15) is 14.4 Å². The van der Waals surface area contributed by atoms with E-state index >= 15 is 0 Å². The SMILES string of the molecule is COc1cccc(NC(=O)/C(C#N)=C/c2c(C)nn(-c3ccc(F)cc3)c2Cl)c1.